The van der Waals surface area contributed by atoms with Crippen LogP contribution in [0.2, 0.25) is 0 Å². The van der Waals surface area contributed by atoms with Gasteiger partial charge in [-0.2, -0.15) is 0 Å². The van der Waals surface area contributed by atoms with Crippen molar-refractivity contribution in [2.45, 2.75) is 6.92 Å². The third-order valence-electron chi connectivity index (χ3n) is 1.67. The van der Waals surface area contributed by atoms with E-state index in [0.717, 1.165) is 16.0 Å². The molecule has 72 valence electrons. The molecule has 0 unspecified atom stereocenters. The number of esters is 1. The van der Waals surface area contributed by atoms with Crippen molar-refractivity contribution >= 4 is 27.5 Å². The predicted molar refractivity (Wildman–Crippen MR) is 53.8 cm³/mol. The van der Waals surface area contributed by atoms with Crippen LogP contribution in [0.25, 0.3) is 10.2 Å². The van der Waals surface area contributed by atoms with Crippen LogP contribution in [0.15, 0.2) is 23.0 Å². The van der Waals surface area contributed by atoms with E-state index in [1.807, 2.05) is 0 Å². The van der Waals surface area contributed by atoms with Gasteiger partial charge in [-0.05, 0) is 12.1 Å². The molecule has 0 aliphatic rings. The van der Waals surface area contributed by atoms with Crippen molar-refractivity contribution in [1.82, 2.24) is 4.98 Å². The molecule has 0 aliphatic heterocycles. The molecule has 1 aromatic carbocycles. The van der Waals surface area contributed by atoms with Crippen molar-refractivity contribution in [2.75, 3.05) is 0 Å². The first-order valence-corrected chi connectivity index (χ1v) is 4.79. The molecular weight excluding hydrogens is 202 g/mol. The zero-order valence-electron chi connectivity index (χ0n) is 7.37. The summed E-state index contributed by atoms with van der Waals surface area (Å²) in [6.07, 6.45) is 0. The van der Waals surface area contributed by atoms with Gasteiger partial charge in [-0.25, -0.2) is 0 Å². The van der Waals surface area contributed by atoms with Crippen molar-refractivity contribution < 1.29 is 9.53 Å². The molecule has 0 saturated heterocycles. The Morgan fingerprint density at radius 1 is 1.50 bits per heavy atom. The van der Waals surface area contributed by atoms with Crippen LogP contribution in [-0.4, -0.2) is 11.0 Å². The lowest BCUT2D eigenvalue weighted by molar-refractivity contribution is -0.131. The Bertz CT molecular complexity index is 540. The number of benzene rings is 1. The molecule has 0 aliphatic carbocycles. The number of aromatic amines is 1. The molecule has 4 nitrogen and oxygen atoms in total. The zero-order chi connectivity index (χ0) is 10.1. The highest BCUT2D eigenvalue weighted by Crippen LogP contribution is 2.24. The largest absolute Gasteiger partial charge is 0.424 e. The maximum atomic E-state index is 11.0. The summed E-state index contributed by atoms with van der Waals surface area (Å²) in [5.74, 6) is -0.00195. The molecule has 1 aromatic heterocycles. The first kappa shape index (κ1) is 8.96. The fourth-order valence-electron chi connectivity index (χ4n) is 1.19. The zero-order valence-corrected chi connectivity index (χ0v) is 8.18. The maximum Gasteiger partial charge on any atom is 0.308 e. The smallest absolute Gasteiger partial charge is 0.308 e. The third-order valence-corrected chi connectivity index (χ3v) is 2.52. The van der Waals surface area contributed by atoms with Crippen molar-refractivity contribution in [1.29, 1.82) is 0 Å². The van der Waals surface area contributed by atoms with Gasteiger partial charge in [0.1, 0.15) is 5.52 Å². The summed E-state index contributed by atoms with van der Waals surface area (Å²) in [4.78, 5) is 24.3. The van der Waals surface area contributed by atoms with Gasteiger partial charge in [0.15, 0.2) is 5.75 Å². The average molecular weight is 209 g/mol. The minimum absolute atomic E-state index is 0.153. The van der Waals surface area contributed by atoms with Gasteiger partial charge in [0.05, 0.1) is 4.70 Å². The van der Waals surface area contributed by atoms with E-state index >= 15 is 0 Å². The molecule has 0 radical (unpaired) electrons. The van der Waals surface area contributed by atoms with E-state index in [9.17, 15) is 9.59 Å². The minimum atomic E-state index is -0.399. The van der Waals surface area contributed by atoms with E-state index < -0.39 is 5.97 Å². The number of rotatable bonds is 1. The molecule has 0 fully saturated rings. The number of para-hydroxylation sites is 1. The van der Waals surface area contributed by atoms with Crippen LogP contribution < -0.4 is 9.61 Å². The minimum Gasteiger partial charge on any atom is -0.424 e. The van der Waals surface area contributed by atoms with Crippen LogP contribution in [0.1, 0.15) is 6.92 Å². The number of ether oxygens (including phenoxy) is 1. The predicted octanol–water partition coefficient (Wildman–Crippen LogP) is 1.51. The van der Waals surface area contributed by atoms with E-state index in [1.165, 1.54) is 6.92 Å². The van der Waals surface area contributed by atoms with Crippen molar-refractivity contribution in [3.8, 4) is 5.75 Å². The Balaban J connectivity index is 2.64. The summed E-state index contributed by atoms with van der Waals surface area (Å²) in [6.45, 7) is 1.32. The standard InChI is InChI=1S/C9H7NO3S/c1-5(11)13-6-3-2-4-7-8(6)10-9(12)14-7/h2-4H,1H3,(H,10,12). The summed E-state index contributed by atoms with van der Waals surface area (Å²) < 4.78 is 5.72. The van der Waals surface area contributed by atoms with Crippen LogP contribution >= 0.6 is 11.3 Å². The maximum absolute atomic E-state index is 11.0. The quantitative estimate of drug-likeness (QED) is 0.572. The van der Waals surface area contributed by atoms with Crippen LogP contribution in [0.3, 0.4) is 0 Å². The fraction of sp³-hybridized carbons (Fsp3) is 0.111. The molecule has 2 aromatic rings. The van der Waals surface area contributed by atoms with E-state index in [-0.39, 0.29) is 4.87 Å². The van der Waals surface area contributed by atoms with Crippen LogP contribution in [0.4, 0.5) is 0 Å². The van der Waals surface area contributed by atoms with Gasteiger partial charge >= 0.3 is 10.8 Å². The Kier molecular flexibility index (Phi) is 2.09. The molecule has 0 atom stereocenters. The van der Waals surface area contributed by atoms with E-state index in [1.54, 1.807) is 18.2 Å². The first-order chi connectivity index (χ1) is 6.66. The van der Waals surface area contributed by atoms with Gasteiger partial charge in [-0.1, -0.05) is 17.4 Å². The summed E-state index contributed by atoms with van der Waals surface area (Å²) in [7, 11) is 0. The van der Waals surface area contributed by atoms with Gasteiger partial charge in [0.2, 0.25) is 0 Å². The molecule has 0 amide bonds. The molecule has 0 spiro atoms. The monoisotopic (exact) mass is 209 g/mol. The number of carbonyl (C=O) groups excluding carboxylic acids is 1. The number of H-pyrrole nitrogens is 1. The molecule has 5 heteroatoms. The second kappa shape index (κ2) is 3.26. The average Bonchev–Trinajstić information content (AvgIpc) is 2.45. The molecule has 0 bridgehead atoms. The van der Waals surface area contributed by atoms with E-state index in [2.05, 4.69) is 4.98 Å². The number of fused-ring (bicyclic) bond motifs is 1. The second-order valence-corrected chi connectivity index (χ2v) is 3.75. The lowest BCUT2D eigenvalue weighted by Crippen LogP contribution is -2.02. The number of hydrogen-bond acceptors (Lipinski definition) is 4. The van der Waals surface area contributed by atoms with Gasteiger partial charge in [-0.3, -0.25) is 9.59 Å². The van der Waals surface area contributed by atoms with Crippen LogP contribution in [-0.2, 0) is 4.79 Å². The SMILES string of the molecule is CC(=O)Oc1cccc2sc(=O)[nH]c12. The number of hydrogen-bond donors (Lipinski definition) is 1. The second-order valence-electron chi connectivity index (χ2n) is 2.74. The Labute approximate surface area is 83.1 Å². The summed E-state index contributed by atoms with van der Waals surface area (Å²) in [5, 5.41) is 0. The molecular formula is C9H7NO3S. The van der Waals surface area contributed by atoms with Crippen molar-refractivity contribution in [3.63, 3.8) is 0 Å². The highest BCUT2D eigenvalue weighted by atomic mass is 32.1. The van der Waals surface area contributed by atoms with Crippen LogP contribution in [0.5, 0.6) is 5.75 Å². The first-order valence-electron chi connectivity index (χ1n) is 3.97. The molecule has 1 heterocycles. The Morgan fingerprint density at radius 2 is 2.29 bits per heavy atom. The van der Waals surface area contributed by atoms with Crippen molar-refractivity contribution in [2.24, 2.45) is 0 Å². The molecule has 14 heavy (non-hydrogen) atoms. The lowest BCUT2D eigenvalue weighted by Gasteiger charge is -2.00. The van der Waals surface area contributed by atoms with Gasteiger partial charge < -0.3 is 9.72 Å². The summed E-state index contributed by atoms with van der Waals surface area (Å²) >= 11 is 1.09. The normalized spacial score (nSPS) is 10.4. The third kappa shape index (κ3) is 1.54. The molecule has 2 rings (SSSR count). The van der Waals surface area contributed by atoms with Crippen LogP contribution in [0, 0.1) is 0 Å². The number of aromatic nitrogens is 1. The molecule has 1 N–H and O–H groups in total. The van der Waals surface area contributed by atoms with Gasteiger partial charge in [0.25, 0.3) is 0 Å². The highest BCUT2D eigenvalue weighted by Gasteiger charge is 2.06. The topological polar surface area (TPSA) is 59.2 Å². The van der Waals surface area contributed by atoms with E-state index in [0.29, 0.717) is 11.3 Å². The summed E-state index contributed by atoms with van der Waals surface area (Å²) in [5.41, 5.74) is 0.581. The summed E-state index contributed by atoms with van der Waals surface area (Å²) in [6, 6.07) is 5.18. The van der Waals surface area contributed by atoms with Gasteiger partial charge in [0, 0.05) is 6.92 Å². The van der Waals surface area contributed by atoms with E-state index in [4.69, 9.17) is 4.74 Å². The Morgan fingerprint density at radius 3 is 3.00 bits per heavy atom. The number of carbonyl (C=O) groups is 1. The number of thiazole rings is 1. The lowest BCUT2D eigenvalue weighted by atomic mass is 10.3. The fourth-order valence-corrected chi connectivity index (χ4v) is 1.94. The van der Waals surface area contributed by atoms with Crippen molar-refractivity contribution in [3.05, 3.63) is 27.9 Å². The molecule has 0 saturated carbocycles. The highest BCUT2D eigenvalue weighted by molar-refractivity contribution is 7.16. The Hall–Kier alpha value is -1.62. The number of nitrogens with one attached hydrogen (secondary N) is 1. The van der Waals surface area contributed by atoms with Gasteiger partial charge in [-0.15, -0.1) is 0 Å².